The zero-order valence-electron chi connectivity index (χ0n) is 17.4. The first-order chi connectivity index (χ1) is 15.4. The number of halogens is 2. The molecule has 0 unspecified atom stereocenters. The van der Waals surface area contributed by atoms with Gasteiger partial charge in [0, 0.05) is 35.4 Å². The topological polar surface area (TPSA) is 79.0 Å². The second-order valence-corrected chi connectivity index (χ2v) is 8.37. The van der Waals surface area contributed by atoms with Crippen LogP contribution in [-0.4, -0.2) is 38.0 Å². The fourth-order valence-electron chi connectivity index (χ4n) is 3.86. The molecule has 2 heterocycles. The summed E-state index contributed by atoms with van der Waals surface area (Å²) in [5.41, 5.74) is 1.49. The summed E-state index contributed by atoms with van der Waals surface area (Å²) in [6, 6.07) is 9.11. The maximum atomic E-state index is 13.1. The summed E-state index contributed by atoms with van der Waals surface area (Å²) < 4.78 is 5.52. The minimum absolute atomic E-state index is 0.109. The lowest BCUT2D eigenvalue weighted by atomic mass is 10.0. The third-order valence-corrected chi connectivity index (χ3v) is 6.03. The van der Waals surface area contributed by atoms with E-state index < -0.39 is 17.8 Å². The monoisotopic (exact) mass is 473 g/mol. The van der Waals surface area contributed by atoms with E-state index in [-0.39, 0.29) is 16.3 Å². The van der Waals surface area contributed by atoms with Crippen molar-refractivity contribution in [1.82, 2.24) is 5.32 Å². The van der Waals surface area contributed by atoms with Crippen molar-refractivity contribution in [3.05, 3.63) is 57.6 Å². The van der Waals surface area contributed by atoms with Crippen LogP contribution in [0.2, 0.25) is 10.0 Å². The van der Waals surface area contributed by atoms with Gasteiger partial charge in [-0.2, -0.15) is 0 Å². The number of barbiturate groups is 1. The molecule has 2 fully saturated rings. The molecule has 1 N–H and O–H groups in total. The lowest BCUT2D eigenvalue weighted by molar-refractivity contribution is -0.122. The van der Waals surface area contributed by atoms with Crippen molar-refractivity contribution >= 4 is 58.5 Å². The molecule has 32 heavy (non-hydrogen) atoms. The van der Waals surface area contributed by atoms with Crippen molar-refractivity contribution in [2.24, 2.45) is 0 Å². The molecule has 0 saturated carbocycles. The molecule has 7 nitrogen and oxygen atoms in total. The Morgan fingerprint density at radius 3 is 2.44 bits per heavy atom. The Morgan fingerprint density at radius 1 is 1.00 bits per heavy atom. The average molecular weight is 474 g/mol. The number of rotatable bonds is 4. The molecule has 9 heteroatoms. The number of hydrogen-bond donors (Lipinski definition) is 1. The summed E-state index contributed by atoms with van der Waals surface area (Å²) in [7, 11) is 1.53. The summed E-state index contributed by atoms with van der Waals surface area (Å²) in [4.78, 5) is 41.2. The van der Waals surface area contributed by atoms with Gasteiger partial charge in [0.1, 0.15) is 11.3 Å². The van der Waals surface area contributed by atoms with Crippen molar-refractivity contribution in [2.75, 3.05) is 30.0 Å². The van der Waals surface area contributed by atoms with Crippen LogP contribution in [0.4, 0.5) is 16.2 Å². The number of nitrogens with zero attached hydrogens (tertiary/aromatic N) is 2. The van der Waals surface area contributed by atoms with Crippen LogP contribution in [0.1, 0.15) is 24.8 Å². The van der Waals surface area contributed by atoms with E-state index in [1.165, 1.54) is 37.8 Å². The maximum absolute atomic E-state index is 13.1. The van der Waals surface area contributed by atoms with Gasteiger partial charge in [-0.3, -0.25) is 14.9 Å². The third kappa shape index (κ3) is 4.31. The van der Waals surface area contributed by atoms with Crippen molar-refractivity contribution in [3.63, 3.8) is 0 Å². The molecule has 2 aromatic carbocycles. The maximum Gasteiger partial charge on any atom is 0.335 e. The van der Waals surface area contributed by atoms with Crippen molar-refractivity contribution < 1.29 is 19.1 Å². The Morgan fingerprint density at radius 2 is 1.75 bits per heavy atom. The van der Waals surface area contributed by atoms with E-state index in [2.05, 4.69) is 10.2 Å². The van der Waals surface area contributed by atoms with E-state index in [9.17, 15) is 14.4 Å². The van der Waals surface area contributed by atoms with Gasteiger partial charge in [-0.15, -0.1) is 0 Å². The molecule has 2 aliphatic rings. The van der Waals surface area contributed by atoms with E-state index in [0.717, 1.165) is 36.5 Å². The molecule has 0 aliphatic carbocycles. The minimum atomic E-state index is -0.881. The second kappa shape index (κ2) is 9.22. The number of piperidine rings is 1. The Bertz CT molecular complexity index is 1130. The molecule has 0 bridgehead atoms. The summed E-state index contributed by atoms with van der Waals surface area (Å²) >= 11 is 12.1. The normalized spacial score (nSPS) is 18.2. The van der Waals surface area contributed by atoms with Crippen LogP contribution < -0.4 is 19.9 Å². The van der Waals surface area contributed by atoms with Crippen LogP contribution in [0, 0.1) is 0 Å². The lowest BCUT2D eigenvalue weighted by Gasteiger charge is -2.29. The van der Waals surface area contributed by atoms with Crippen LogP contribution in [0.25, 0.3) is 6.08 Å². The van der Waals surface area contributed by atoms with Crippen LogP contribution in [0.15, 0.2) is 42.0 Å². The zero-order valence-corrected chi connectivity index (χ0v) is 18.9. The molecule has 2 aliphatic heterocycles. The van der Waals surface area contributed by atoms with Gasteiger partial charge in [0.2, 0.25) is 0 Å². The number of amides is 4. The standard InChI is InChI=1S/C23H21Cl2N3O4/c1-32-20-13-16(27-9-3-2-4-10-27)7-5-14(20)11-17-21(29)26-23(31)28(22(17)30)19-8-6-15(24)12-18(19)25/h5-8,11-13H,2-4,9-10H2,1H3,(H,26,29,31)/b17-11+. The minimum Gasteiger partial charge on any atom is -0.496 e. The number of urea groups is 1. The van der Waals surface area contributed by atoms with Gasteiger partial charge in [-0.1, -0.05) is 23.2 Å². The fraction of sp³-hybridized carbons (Fsp3) is 0.261. The van der Waals surface area contributed by atoms with Crippen LogP contribution in [0.3, 0.4) is 0 Å². The van der Waals surface area contributed by atoms with Gasteiger partial charge < -0.3 is 9.64 Å². The van der Waals surface area contributed by atoms with Gasteiger partial charge in [0.05, 0.1) is 17.8 Å². The van der Waals surface area contributed by atoms with E-state index in [1.807, 2.05) is 12.1 Å². The average Bonchev–Trinajstić information content (AvgIpc) is 2.78. The summed E-state index contributed by atoms with van der Waals surface area (Å²) in [5, 5.41) is 2.65. The summed E-state index contributed by atoms with van der Waals surface area (Å²) in [6.07, 6.45) is 4.92. The number of carbonyl (C=O) groups is 3. The summed E-state index contributed by atoms with van der Waals surface area (Å²) in [5.74, 6) is -1.05. The number of imide groups is 2. The lowest BCUT2D eigenvalue weighted by Crippen LogP contribution is -2.54. The van der Waals surface area contributed by atoms with Crippen molar-refractivity contribution in [1.29, 1.82) is 0 Å². The van der Waals surface area contributed by atoms with Crippen LogP contribution in [0.5, 0.6) is 5.75 Å². The Balaban J connectivity index is 1.69. The molecule has 2 aromatic rings. The number of anilines is 2. The molecular formula is C23H21Cl2N3O4. The molecule has 4 amide bonds. The van der Waals surface area contributed by atoms with E-state index in [4.69, 9.17) is 27.9 Å². The highest BCUT2D eigenvalue weighted by Crippen LogP contribution is 2.33. The van der Waals surface area contributed by atoms with Gasteiger partial charge in [0.25, 0.3) is 11.8 Å². The Labute approximate surface area is 195 Å². The van der Waals surface area contributed by atoms with E-state index in [1.54, 1.807) is 6.07 Å². The zero-order chi connectivity index (χ0) is 22.8. The number of carbonyl (C=O) groups excluding carboxylic acids is 3. The van der Waals surface area contributed by atoms with Crippen LogP contribution >= 0.6 is 23.2 Å². The largest absolute Gasteiger partial charge is 0.496 e. The van der Waals surface area contributed by atoms with Gasteiger partial charge >= 0.3 is 6.03 Å². The van der Waals surface area contributed by atoms with E-state index in [0.29, 0.717) is 16.3 Å². The first-order valence-corrected chi connectivity index (χ1v) is 10.9. The molecule has 0 aromatic heterocycles. The van der Waals surface area contributed by atoms with E-state index >= 15 is 0 Å². The first-order valence-electron chi connectivity index (χ1n) is 10.2. The predicted molar refractivity (Wildman–Crippen MR) is 125 cm³/mol. The van der Waals surface area contributed by atoms with Crippen molar-refractivity contribution in [2.45, 2.75) is 19.3 Å². The molecule has 166 valence electrons. The molecule has 0 radical (unpaired) electrons. The fourth-order valence-corrected chi connectivity index (χ4v) is 4.36. The highest BCUT2D eigenvalue weighted by Gasteiger charge is 2.38. The molecule has 2 saturated heterocycles. The quantitative estimate of drug-likeness (QED) is 0.515. The number of benzene rings is 2. The van der Waals surface area contributed by atoms with Gasteiger partial charge in [-0.25, -0.2) is 9.69 Å². The Hall–Kier alpha value is -3.03. The second-order valence-electron chi connectivity index (χ2n) is 7.53. The smallest absolute Gasteiger partial charge is 0.335 e. The molecule has 0 atom stereocenters. The number of methoxy groups -OCH3 is 1. The number of ether oxygens (including phenoxy) is 1. The number of hydrogen-bond acceptors (Lipinski definition) is 5. The molecular weight excluding hydrogens is 453 g/mol. The summed E-state index contributed by atoms with van der Waals surface area (Å²) in [6.45, 7) is 1.95. The van der Waals surface area contributed by atoms with Gasteiger partial charge in [-0.05, 0) is 55.7 Å². The predicted octanol–water partition coefficient (Wildman–Crippen LogP) is 4.66. The number of nitrogens with one attached hydrogen (secondary N) is 1. The first kappa shape index (κ1) is 22.2. The van der Waals surface area contributed by atoms with Crippen LogP contribution in [-0.2, 0) is 9.59 Å². The highest BCUT2D eigenvalue weighted by atomic mass is 35.5. The third-order valence-electron chi connectivity index (χ3n) is 5.49. The SMILES string of the molecule is COc1cc(N2CCCCC2)ccc1/C=C1\C(=O)NC(=O)N(c2ccc(Cl)cc2Cl)C1=O. The van der Waals surface area contributed by atoms with Crippen molar-refractivity contribution in [3.8, 4) is 5.75 Å². The molecule has 0 spiro atoms. The molecule has 4 rings (SSSR count). The highest BCUT2D eigenvalue weighted by molar-refractivity contribution is 6.42. The van der Waals surface area contributed by atoms with Gasteiger partial charge in [0.15, 0.2) is 0 Å². The Kier molecular flexibility index (Phi) is 6.39.